The van der Waals surface area contributed by atoms with Crippen LogP contribution in [0.3, 0.4) is 0 Å². The smallest absolute Gasteiger partial charge is 0.333 e. The van der Waals surface area contributed by atoms with Gasteiger partial charge in [0.15, 0.2) is 0 Å². The Balaban J connectivity index is 2.83. The fourth-order valence-corrected chi connectivity index (χ4v) is 1.28. The van der Waals surface area contributed by atoms with Gasteiger partial charge in [-0.2, -0.15) is 0 Å². The van der Waals surface area contributed by atoms with E-state index >= 15 is 0 Å². The zero-order chi connectivity index (χ0) is 11.1. The highest BCUT2D eigenvalue weighted by atomic mass is 16.5. The molecule has 0 aliphatic rings. The molecule has 0 atom stereocenters. The van der Waals surface area contributed by atoms with Crippen molar-refractivity contribution in [3.63, 3.8) is 0 Å². The van der Waals surface area contributed by atoms with Crippen LogP contribution in [0.5, 0.6) is 0 Å². The van der Waals surface area contributed by atoms with Gasteiger partial charge in [0.2, 0.25) is 0 Å². The van der Waals surface area contributed by atoms with E-state index in [0.29, 0.717) is 18.6 Å². The summed E-state index contributed by atoms with van der Waals surface area (Å²) in [5.41, 5.74) is 1.74. The zero-order valence-corrected chi connectivity index (χ0v) is 9.19. The molecule has 0 N–H and O–H groups in total. The van der Waals surface area contributed by atoms with Crippen LogP contribution in [0.15, 0.2) is 35.9 Å². The quantitative estimate of drug-likeness (QED) is 0.556. The highest BCUT2D eigenvalue weighted by molar-refractivity contribution is 5.93. The van der Waals surface area contributed by atoms with Crippen molar-refractivity contribution in [1.82, 2.24) is 0 Å². The number of ether oxygens (including phenoxy) is 1. The molecule has 0 fully saturated rings. The van der Waals surface area contributed by atoms with Gasteiger partial charge in [0, 0.05) is 5.57 Å². The number of rotatable bonds is 4. The molecule has 0 saturated carbocycles. The standard InChI is InChI=1S/C13H16O2/c1-3-12(13(14)15-4-2)10-11-8-6-5-7-9-11/h5-10H,3-4H2,1-2H3/b12-10+. The summed E-state index contributed by atoms with van der Waals surface area (Å²) in [6.45, 7) is 4.18. The summed E-state index contributed by atoms with van der Waals surface area (Å²) in [6, 6.07) is 9.78. The number of hydrogen-bond donors (Lipinski definition) is 0. The van der Waals surface area contributed by atoms with Gasteiger partial charge in [-0.1, -0.05) is 37.3 Å². The molecule has 0 amide bonds. The van der Waals surface area contributed by atoms with Crippen molar-refractivity contribution < 1.29 is 9.53 Å². The normalized spacial score (nSPS) is 11.2. The van der Waals surface area contributed by atoms with Crippen molar-refractivity contribution in [2.45, 2.75) is 20.3 Å². The van der Waals surface area contributed by atoms with Gasteiger partial charge >= 0.3 is 5.97 Å². The molecule has 0 saturated heterocycles. The lowest BCUT2D eigenvalue weighted by molar-refractivity contribution is -0.138. The number of carbonyl (C=O) groups is 1. The molecule has 0 aliphatic heterocycles. The van der Waals surface area contributed by atoms with E-state index in [4.69, 9.17) is 4.74 Å². The summed E-state index contributed by atoms with van der Waals surface area (Å²) in [5, 5.41) is 0. The van der Waals surface area contributed by atoms with E-state index in [-0.39, 0.29) is 5.97 Å². The third-order valence-electron chi connectivity index (χ3n) is 2.06. The van der Waals surface area contributed by atoms with Gasteiger partial charge in [-0.15, -0.1) is 0 Å². The second-order valence-corrected chi connectivity index (χ2v) is 3.15. The molecule has 1 aromatic rings. The highest BCUT2D eigenvalue weighted by Gasteiger charge is 2.07. The van der Waals surface area contributed by atoms with Crippen molar-refractivity contribution in [1.29, 1.82) is 0 Å². The van der Waals surface area contributed by atoms with Gasteiger partial charge in [0.25, 0.3) is 0 Å². The number of hydrogen-bond acceptors (Lipinski definition) is 2. The minimum Gasteiger partial charge on any atom is -0.463 e. The van der Waals surface area contributed by atoms with Gasteiger partial charge in [-0.25, -0.2) is 4.79 Å². The Labute approximate surface area is 90.6 Å². The molecule has 0 bridgehead atoms. The van der Waals surface area contributed by atoms with Gasteiger partial charge < -0.3 is 4.74 Å². The highest BCUT2D eigenvalue weighted by Crippen LogP contribution is 2.10. The van der Waals surface area contributed by atoms with Gasteiger partial charge in [0.05, 0.1) is 6.61 Å². The molecule has 2 heteroatoms. The topological polar surface area (TPSA) is 26.3 Å². The molecule has 0 radical (unpaired) electrons. The molecular formula is C13H16O2. The fraction of sp³-hybridized carbons (Fsp3) is 0.308. The van der Waals surface area contributed by atoms with Crippen LogP contribution in [0.2, 0.25) is 0 Å². The molecule has 80 valence electrons. The Morgan fingerprint density at radius 2 is 1.93 bits per heavy atom. The van der Waals surface area contributed by atoms with Gasteiger partial charge in [0.1, 0.15) is 0 Å². The lowest BCUT2D eigenvalue weighted by Gasteiger charge is -2.04. The van der Waals surface area contributed by atoms with E-state index in [1.165, 1.54) is 0 Å². The van der Waals surface area contributed by atoms with Crippen LogP contribution in [-0.4, -0.2) is 12.6 Å². The molecule has 15 heavy (non-hydrogen) atoms. The third-order valence-corrected chi connectivity index (χ3v) is 2.06. The van der Waals surface area contributed by atoms with E-state index in [0.717, 1.165) is 5.56 Å². The van der Waals surface area contributed by atoms with Crippen molar-refractivity contribution in [3.05, 3.63) is 41.5 Å². The van der Waals surface area contributed by atoms with Crippen molar-refractivity contribution in [2.75, 3.05) is 6.61 Å². The Hall–Kier alpha value is -1.57. The summed E-state index contributed by atoms with van der Waals surface area (Å²) >= 11 is 0. The molecule has 0 spiro atoms. The minimum atomic E-state index is -0.219. The summed E-state index contributed by atoms with van der Waals surface area (Å²) in [5.74, 6) is -0.219. The average Bonchev–Trinajstić information content (AvgIpc) is 2.27. The predicted octanol–water partition coefficient (Wildman–Crippen LogP) is 3.04. The molecule has 2 nitrogen and oxygen atoms in total. The van der Waals surface area contributed by atoms with E-state index in [2.05, 4.69) is 0 Å². The van der Waals surface area contributed by atoms with Crippen LogP contribution < -0.4 is 0 Å². The number of esters is 1. The van der Waals surface area contributed by atoms with Crippen molar-refractivity contribution in [3.8, 4) is 0 Å². The van der Waals surface area contributed by atoms with E-state index < -0.39 is 0 Å². The first kappa shape index (κ1) is 11.5. The van der Waals surface area contributed by atoms with Crippen LogP contribution in [0, 0.1) is 0 Å². The summed E-state index contributed by atoms with van der Waals surface area (Å²) in [7, 11) is 0. The van der Waals surface area contributed by atoms with Crippen LogP contribution in [0.25, 0.3) is 6.08 Å². The largest absolute Gasteiger partial charge is 0.463 e. The molecule has 1 rings (SSSR count). The first-order valence-electron chi connectivity index (χ1n) is 5.20. The third kappa shape index (κ3) is 3.58. The first-order valence-corrected chi connectivity index (χ1v) is 5.20. The molecular weight excluding hydrogens is 188 g/mol. The molecule has 0 heterocycles. The SMILES string of the molecule is CCOC(=O)/C(=C/c1ccccc1)CC. The lowest BCUT2D eigenvalue weighted by atomic mass is 10.1. The van der Waals surface area contributed by atoms with E-state index in [1.54, 1.807) is 0 Å². The maximum Gasteiger partial charge on any atom is 0.333 e. The monoisotopic (exact) mass is 204 g/mol. The maximum atomic E-state index is 11.5. The van der Waals surface area contributed by atoms with E-state index in [1.807, 2.05) is 50.3 Å². The fourth-order valence-electron chi connectivity index (χ4n) is 1.28. The van der Waals surface area contributed by atoms with Crippen molar-refractivity contribution in [2.24, 2.45) is 0 Å². The Morgan fingerprint density at radius 3 is 2.47 bits per heavy atom. The molecule has 0 unspecified atom stereocenters. The minimum absolute atomic E-state index is 0.219. The summed E-state index contributed by atoms with van der Waals surface area (Å²) in [4.78, 5) is 11.5. The van der Waals surface area contributed by atoms with Crippen LogP contribution in [0.1, 0.15) is 25.8 Å². The Bertz CT molecular complexity index is 339. The lowest BCUT2D eigenvalue weighted by Crippen LogP contribution is -2.06. The number of benzene rings is 1. The predicted molar refractivity (Wildman–Crippen MR) is 61.3 cm³/mol. The van der Waals surface area contributed by atoms with E-state index in [9.17, 15) is 4.79 Å². The maximum absolute atomic E-state index is 11.5. The molecule has 0 aromatic heterocycles. The first-order chi connectivity index (χ1) is 7.27. The molecule has 1 aromatic carbocycles. The average molecular weight is 204 g/mol. The second kappa shape index (κ2) is 6.02. The van der Waals surface area contributed by atoms with Crippen LogP contribution in [-0.2, 0) is 9.53 Å². The number of carbonyl (C=O) groups excluding carboxylic acids is 1. The molecule has 0 aliphatic carbocycles. The summed E-state index contributed by atoms with van der Waals surface area (Å²) in [6.07, 6.45) is 2.56. The van der Waals surface area contributed by atoms with Crippen LogP contribution >= 0.6 is 0 Å². The van der Waals surface area contributed by atoms with Gasteiger partial charge in [-0.3, -0.25) is 0 Å². The Kier molecular flexibility index (Phi) is 4.61. The Morgan fingerprint density at radius 1 is 1.27 bits per heavy atom. The van der Waals surface area contributed by atoms with Crippen molar-refractivity contribution >= 4 is 12.0 Å². The zero-order valence-electron chi connectivity index (χ0n) is 9.19. The van der Waals surface area contributed by atoms with Crippen LogP contribution in [0.4, 0.5) is 0 Å². The van der Waals surface area contributed by atoms with Gasteiger partial charge in [-0.05, 0) is 25.0 Å². The second-order valence-electron chi connectivity index (χ2n) is 3.15. The summed E-state index contributed by atoms with van der Waals surface area (Å²) < 4.78 is 4.96.